The monoisotopic (exact) mass is 330 g/mol. The summed E-state index contributed by atoms with van der Waals surface area (Å²) in [7, 11) is 0. The number of nitrogens with zero attached hydrogens (tertiary/aromatic N) is 1. The molecule has 1 fully saturated rings. The molecule has 1 aliphatic rings. The summed E-state index contributed by atoms with van der Waals surface area (Å²) in [4.78, 5) is 15.4. The van der Waals surface area contributed by atoms with Crippen LogP contribution in [0.1, 0.15) is 24.3 Å². The Bertz CT molecular complexity index is 710. The van der Waals surface area contributed by atoms with Gasteiger partial charge in [-0.15, -0.1) is 0 Å². The van der Waals surface area contributed by atoms with Crippen molar-refractivity contribution in [2.75, 3.05) is 13.1 Å². The van der Waals surface area contributed by atoms with Crippen molar-refractivity contribution in [1.29, 1.82) is 0 Å². The number of hydrogen-bond acceptors (Lipinski definition) is 1. The van der Waals surface area contributed by atoms with E-state index < -0.39 is 12.1 Å². The lowest BCUT2D eigenvalue weighted by atomic mass is 9.88. The Hall–Kier alpha value is -1.69. The zero-order valence-corrected chi connectivity index (χ0v) is 12.3. The highest BCUT2D eigenvalue weighted by molar-refractivity contribution is 6.35. The molecule has 1 aromatic heterocycles. The van der Waals surface area contributed by atoms with E-state index >= 15 is 0 Å². The average Bonchev–Trinajstić information content (AvgIpc) is 2.87. The fourth-order valence-corrected chi connectivity index (χ4v) is 3.37. The molecule has 0 aliphatic carbocycles. The maximum Gasteiger partial charge on any atom is 0.471 e. The van der Waals surface area contributed by atoms with Gasteiger partial charge in [0.15, 0.2) is 0 Å². The van der Waals surface area contributed by atoms with Crippen molar-refractivity contribution in [2.45, 2.75) is 24.9 Å². The summed E-state index contributed by atoms with van der Waals surface area (Å²) >= 11 is 6.18. The van der Waals surface area contributed by atoms with Crippen LogP contribution in [0.15, 0.2) is 24.4 Å². The van der Waals surface area contributed by atoms with Crippen LogP contribution < -0.4 is 0 Å². The number of nitrogens with one attached hydrogen (secondary N) is 1. The van der Waals surface area contributed by atoms with Crippen LogP contribution >= 0.6 is 11.6 Å². The van der Waals surface area contributed by atoms with Crippen LogP contribution in [0.5, 0.6) is 0 Å². The van der Waals surface area contributed by atoms with Gasteiger partial charge < -0.3 is 9.88 Å². The lowest BCUT2D eigenvalue weighted by Crippen LogP contribution is -2.45. The number of carbonyl (C=O) groups is 1. The molecular weight excluding hydrogens is 317 g/mol. The van der Waals surface area contributed by atoms with Gasteiger partial charge in [-0.2, -0.15) is 13.2 Å². The number of aromatic amines is 1. The Kier molecular flexibility index (Phi) is 3.80. The number of H-pyrrole nitrogens is 1. The molecule has 0 radical (unpaired) electrons. The summed E-state index contributed by atoms with van der Waals surface area (Å²) in [6.07, 6.45) is -1.87. The number of rotatable bonds is 1. The van der Waals surface area contributed by atoms with Gasteiger partial charge in [-0.1, -0.05) is 23.7 Å². The maximum atomic E-state index is 12.6. The van der Waals surface area contributed by atoms with E-state index in [0.29, 0.717) is 11.4 Å². The second-order valence-electron chi connectivity index (χ2n) is 5.49. The minimum absolute atomic E-state index is 0.0684. The summed E-state index contributed by atoms with van der Waals surface area (Å²) in [6, 6.07) is 5.58. The molecule has 118 valence electrons. The predicted octanol–water partition coefficient (Wildman–Crippen LogP) is 4.09. The number of benzene rings is 1. The Morgan fingerprint density at radius 3 is 2.86 bits per heavy atom. The third-order valence-electron chi connectivity index (χ3n) is 4.08. The van der Waals surface area contributed by atoms with Crippen LogP contribution in [-0.2, 0) is 4.79 Å². The lowest BCUT2D eigenvalue weighted by molar-refractivity contribution is -0.186. The van der Waals surface area contributed by atoms with Gasteiger partial charge in [0, 0.05) is 36.1 Å². The first-order valence-electron chi connectivity index (χ1n) is 6.99. The third-order valence-corrected chi connectivity index (χ3v) is 4.38. The number of aromatic nitrogens is 1. The topological polar surface area (TPSA) is 36.1 Å². The highest BCUT2D eigenvalue weighted by Crippen LogP contribution is 2.36. The van der Waals surface area contributed by atoms with Crippen LogP contribution in [0.4, 0.5) is 13.2 Å². The van der Waals surface area contributed by atoms with E-state index in [2.05, 4.69) is 4.98 Å². The second-order valence-corrected chi connectivity index (χ2v) is 5.90. The Labute approximate surface area is 130 Å². The molecule has 0 bridgehead atoms. The Morgan fingerprint density at radius 1 is 1.36 bits per heavy atom. The van der Waals surface area contributed by atoms with Crippen molar-refractivity contribution in [1.82, 2.24) is 9.88 Å². The summed E-state index contributed by atoms with van der Waals surface area (Å²) in [5.41, 5.74) is 1.74. The number of likely N-dealkylation sites (tertiary alicyclic amines) is 1. The van der Waals surface area contributed by atoms with Crippen molar-refractivity contribution in [2.24, 2.45) is 0 Å². The molecule has 2 heterocycles. The number of piperidine rings is 1. The Balaban J connectivity index is 1.91. The lowest BCUT2D eigenvalue weighted by Gasteiger charge is -2.33. The molecule has 0 spiro atoms. The van der Waals surface area contributed by atoms with Crippen LogP contribution in [0.25, 0.3) is 10.9 Å². The average molecular weight is 331 g/mol. The summed E-state index contributed by atoms with van der Waals surface area (Å²) in [5.74, 6) is -1.90. The molecule has 1 N–H and O–H groups in total. The smallest absolute Gasteiger partial charge is 0.360 e. The minimum Gasteiger partial charge on any atom is -0.360 e. The van der Waals surface area contributed by atoms with Crippen LogP contribution in [0, 0.1) is 0 Å². The number of fused-ring (bicyclic) bond motifs is 1. The van der Waals surface area contributed by atoms with E-state index in [9.17, 15) is 18.0 Å². The van der Waals surface area contributed by atoms with Gasteiger partial charge in [-0.25, -0.2) is 0 Å². The molecule has 1 atom stereocenters. The molecular formula is C15H14ClF3N2O. The van der Waals surface area contributed by atoms with E-state index in [0.717, 1.165) is 27.8 Å². The van der Waals surface area contributed by atoms with Crippen LogP contribution in [0.2, 0.25) is 5.02 Å². The predicted molar refractivity (Wildman–Crippen MR) is 77.9 cm³/mol. The normalized spacial score (nSPS) is 19.6. The molecule has 7 heteroatoms. The van der Waals surface area contributed by atoms with E-state index in [4.69, 9.17) is 11.6 Å². The first-order chi connectivity index (χ1) is 10.4. The van der Waals surface area contributed by atoms with Crippen molar-refractivity contribution >= 4 is 28.4 Å². The SMILES string of the molecule is O=C(N1CCCC(c2cccc3[nH]cc(Cl)c23)C1)C(F)(F)F. The number of hydrogen-bond donors (Lipinski definition) is 1. The van der Waals surface area contributed by atoms with Gasteiger partial charge in [-0.3, -0.25) is 4.79 Å². The standard InChI is InChI=1S/C15H14ClF3N2O/c16-11-7-20-12-5-1-4-10(13(11)12)9-3-2-6-21(8-9)14(22)15(17,18)19/h1,4-5,7,9,20H,2-3,6,8H2. The van der Waals surface area contributed by atoms with Crippen molar-refractivity contribution < 1.29 is 18.0 Å². The quantitative estimate of drug-likeness (QED) is 0.840. The fraction of sp³-hybridized carbons (Fsp3) is 0.400. The highest BCUT2D eigenvalue weighted by Gasteiger charge is 2.43. The highest BCUT2D eigenvalue weighted by atomic mass is 35.5. The number of alkyl halides is 3. The molecule has 0 saturated carbocycles. The number of amides is 1. The molecule has 1 unspecified atom stereocenters. The summed E-state index contributed by atoms with van der Waals surface area (Å²) in [6.45, 7) is 0.213. The van der Waals surface area contributed by atoms with Gasteiger partial charge in [-0.05, 0) is 24.5 Å². The van der Waals surface area contributed by atoms with Gasteiger partial charge in [0.2, 0.25) is 0 Å². The van der Waals surface area contributed by atoms with E-state index in [1.165, 1.54) is 0 Å². The molecule has 3 rings (SSSR count). The van der Waals surface area contributed by atoms with E-state index in [1.54, 1.807) is 6.20 Å². The van der Waals surface area contributed by atoms with Gasteiger partial charge in [0.25, 0.3) is 0 Å². The maximum absolute atomic E-state index is 12.6. The first-order valence-corrected chi connectivity index (χ1v) is 7.37. The van der Waals surface area contributed by atoms with Gasteiger partial charge in [0.1, 0.15) is 0 Å². The molecule has 1 aromatic carbocycles. The molecule has 1 aliphatic heterocycles. The zero-order chi connectivity index (χ0) is 15.9. The minimum atomic E-state index is -4.82. The van der Waals surface area contributed by atoms with Crippen LogP contribution in [0.3, 0.4) is 0 Å². The second kappa shape index (κ2) is 5.50. The van der Waals surface area contributed by atoms with E-state index in [-0.39, 0.29) is 19.0 Å². The summed E-state index contributed by atoms with van der Waals surface area (Å²) < 4.78 is 37.8. The molecule has 22 heavy (non-hydrogen) atoms. The number of halogens is 4. The molecule has 3 nitrogen and oxygen atoms in total. The van der Waals surface area contributed by atoms with Gasteiger partial charge >= 0.3 is 12.1 Å². The van der Waals surface area contributed by atoms with Gasteiger partial charge in [0.05, 0.1) is 5.02 Å². The first kappa shape index (κ1) is 15.2. The zero-order valence-electron chi connectivity index (χ0n) is 11.6. The third kappa shape index (κ3) is 2.67. The van der Waals surface area contributed by atoms with Crippen molar-refractivity contribution in [3.8, 4) is 0 Å². The number of carbonyl (C=O) groups excluding carboxylic acids is 1. The van der Waals surface area contributed by atoms with Crippen molar-refractivity contribution in [3.05, 3.63) is 35.0 Å². The largest absolute Gasteiger partial charge is 0.471 e. The fourth-order valence-electron chi connectivity index (χ4n) is 3.11. The summed E-state index contributed by atoms with van der Waals surface area (Å²) in [5, 5.41) is 1.38. The molecule has 1 amide bonds. The van der Waals surface area contributed by atoms with Crippen molar-refractivity contribution in [3.63, 3.8) is 0 Å². The van der Waals surface area contributed by atoms with E-state index in [1.807, 2.05) is 18.2 Å². The molecule has 2 aromatic rings. The molecule has 1 saturated heterocycles. The van der Waals surface area contributed by atoms with Crippen LogP contribution in [-0.4, -0.2) is 35.1 Å². The Morgan fingerprint density at radius 2 is 2.14 bits per heavy atom.